The number of nitrogens with one attached hydrogen (secondary N) is 1. The van der Waals surface area contributed by atoms with Gasteiger partial charge in [0.25, 0.3) is 0 Å². The van der Waals surface area contributed by atoms with Gasteiger partial charge >= 0.3 is 11.9 Å². The second-order valence-corrected chi connectivity index (χ2v) is 10.7. The van der Waals surface area contributed by atoms with Crippen molar-refractivity contribution < 1.29 is 32.7 Å². The summed E-state index contributed by atoms with van der Waals surface area (Å²) >= 11 is 0. The van der Waals surface area contributed by atoms with Gasteiger partial charge < -0.3 is 13.9 Å². The Labute approximate surface area is 221 Å². The number of benzene rings is 1. The molecule has 2 amide bonds. The molecule has 2 atom stereocenters. The number of carbonyl (C=O) groups is 3. The molecule has 1 aromatic carbocycles. The van der Waals surface area contributed by atoms with Crippen molar-refractivity contribution in [3.05, 3.63) is 48.0 Å². The Morgan fingerprint density at radius 3 is 2.50 bits per heavy atom. The van der Waals surface area contributed by atoms with Gasteiger partial charge in [-0.1, -0.05) is 50.7 Å². The van der Waals surface area contributed by atoms with Crippen molar-refractivity contribution >= 4 is 17.8 Å². The average molecular weight is 527 g/mol. The Balaban J connectivity index is 1.31. The maximum atomic E-state index is 13.6. The minimum absolute atomic E-state index is 0.0356. The highest BCUT2D eigenvalue weighted by Crippen LogP contribution is 2.31. The summed E-state index contributed by atoms with van der Waals surface area (Å²) in [4.78, 5) is 38.9. The normalized spacial score (nSPS) is 22.1. The fourth-order valence-electron chi connectivity index (χ4n) is 5.79. The van der Waals surface area contributed by atoms with Crippen LogP contribution in [-0.4, -0.2) is 41.7 Å². The molecule has 0 bridgehead atoms. The van der Waals surface area contributed by atoms with E-state index in [9.17, 15) is 18.8 Å². The Bertz CT molecular complexity index is 1140. The van der Waals surface area contributed by atoms with Crippen LogP contribution in [0.3, 0.4) is 0 Å². The molecule has 38 heavy (non-hydrogen) atoms. The summed E-state index contributed by atoms with van der Waals surface area (Å²) in [5.41, 5.74) is 3.16. The van der Waals surface area contributed by atoms with Gasteiger partial charge in [0.1, 0.15) is 17.6 Å². The smallest absolute Gasteiger partial charge is 0.310 e. The first kappa shape index (κ1) is 26.4. The van der Waals surface area contributed by atoms with Gasteiger partial charge in [0.2, 0.25) is 12.2 Å². The summed E-state index contributed by atoms with van der Waals surface area (Å²) in [6.07, 6.45) is 8.96. The van der Waals surface area contributed by atoms with E-state index in [1.165, 1.54) is 36.0 Å². The van der Waals surface area contributed by atoms with Crippen LogP contribution in [0.1, 0.15) is 81.2 Å². The van der Waals surface area contributed by atoms with Gasteiger partial charge in [0, 0.05) is 12.0 Å². The molecular formula is C29H35FN2O6. The van der Waals surface area contributed by atoms with Gasteiger partial charge in [0.05, 0.1) is 13.0 Å². The third kappa shape index (κ3) is 6.43. The van der Waals surface area contributed by atoms with Crippen molar-refractivity contribution in [1.29, 1.82) is 0 Å². The quantitative estimate of drug-likeness (QED) is 0.348. The highest BCUT2D eigenvalue weighted by atomic mass is 19.1. The summed E-state index contributed by atoms with van der Waals surface area (Å²) < 4.78 is 30.8. The first-order valence-corrected chi connectivity index (χ1v) is 13.8. The first-order valence-electron chi connectivity index (χ1n) is 13.8. The molecule has 0 radical (unpaired) electrons. The van der Waals surface area contributed by atoms with Gasteiger partial charge in [-0.25, -0.2) is 9.40 Å². The Morgan fingerprint density at radius 1 is 1.03 bits per heavy atom. The second kappa shape index (κ2) is 12.1. The zero-order valence-corrected chi connectivity index (χ0v) is 21.5. The summed E-state index contributed by atoms with van der Waals surface area (Å²) in [7, 11) is 0. The van der Waals surface area contributed by atoms with E-state index in [0.717, 1.165) is 44.9 Å². The van der Waals surface area contributed by atoms with E-state index >= 15 is 0 Å². The average Bonchev–Trinajstić information content (AvgIpc) is 3.72. The number of amides is 2. The molecular weight excluding hydrogens is 491 g/mol. The number of nitrogens with zero attached hydrogens (tertiary/aromatic N) is 1. The zero-order valence-electron chi connectivity index (χ0n) is 21.5. The third-order valence-corrected chi connectivity index (χ3v) is 7.91. The number of hydrogen-bond donors (Lipinski definition) is 1. The van der Waals surface area contributed by atoms with E-state index in [1.807, 2.05) is 0 Å². The summed E-state index contributed by atoms with van der Waals surface area (Å²) in [5.74, 6) is -0.640. The highest BCUT2D eigenvalue weighted by Gasteiger charge is 2.43. The van der Waals surface area contributed by atoms with Crippen molar-refractivity contribution in [2.45, 2.75) is 83.0 Å². The molecule has 8 nitrogen and oxygen atoms in total. The predicted octanol–water partition coefficient (Wildman–Crippen LogP) is 5.38. The molecule has 204 valence electrons. The number of halogens is 1. The van der Waals surface area contributed by atoms with Crippen LogP contribution in [0.15, 0.2) is 40.8 Å². The Hall–Kier alpha value is -3.20. The monoisotopic (exact) mass is 526 g/mol. The van der Waals surface area contributed by atoms with Gasteiger partial charge in [0.15, 0.2) is 5.76 Å². The van der Waals surface area contributed by atoms with Gasteiger partial charge in [-0.2, -0.15) is 0 Å². The van der Waals surface area contributed by atoms with Crippen LogP contribution in [-0.2, 0) is 19.1 Å². The van der Waals surface area contributed by atoms with E-state index in [1.54, 1.807) is 18.2 Å². The van der Waals surface area contributed by atoms with Crippen molar-refractivity contribution in [2.75, 3.05) is 6.61 Å². The predicted molar refractivity (Wildman–Crippen MR) is 136 cm³/mol. The van der Waals surface area contributed by atoms with Crippen LogP contribution in [0.25, 0.3) is 11.3 Å². The van der Waals surface area contributed by atoms with Gasteiger partial charge in [-0.3, -0.25) is 19.8 Å². The molecule has 0 spiro atoms. The highest BCUT2D eigenvalue weighted by molar-refractivity contribution is 5.93. The molecule has 2 saturated carbocycles. The number of hydrazine groups is 1. The molecule has 1 aliphatic heterocycles. The van der Waals surface area contributed by atoms with Gasteiger partial charge in [-0.05, 0) is 55.4 Å². The van der Waals surface area contributed by atoms with Crippen LogP contribution >= 0.6 is 0 Å². The van der Waals surface area contributed by atoms with Gasteiger partial charge in [-0.15, -0.1) is 0 Å². The number of esters is 1. The van der Waals surface area contributed by atoms with E-state index < -0.39 is 30.0 Å². The largest absolute Gasteiger partial charge is 0.451 e. The van der Waals surface area contributed by atoms with Crippen molar-refractivity contribution in [1.82, 2.24) is 10.4 Å². The number of furan rings is 1. The van der Waals surface area contributed by atoms with Crippen LogP contribution in [0.2, 0.25) is 0 Å². The number of hydrogen-bond acceptors (Lipinski definition) is 6. The van der Waals surface area contributed by atoms with E-state index in [2.05, 4.69) is 5.43 Å². The maximum absolute atomic E-state index is 13.6. The minimum atomic E-state index is -0.946. The molecule has 3 aliphatic rings. The van der Waals surface area contributed by atoms with Crippen LogP contribution in [0.4, 0.5) is 4.39 Å². The van der Waals surface area contributed by atoms with Crippen LogP contribution < -0.4 is 5.43 Å². The number of ether oxygens (including phenoxy) is 2. The number of cyclic esters (lactones) is 1. The molecule has 1 unspecified atom stereocenters. The minimum Gasteiger partial charge on any atom is -0.451 e. The second-order valence-electron chi connectivity index (χ2n) is 10.7. The molecule has 1 aromatic heterocycles. The number of carbonyl (C=O) groups excluding carboxylic acids is 3. The lowest BCUT2D eigenvalue weighted by Crippen LogP contribution is -2.55. The lowest BCUT2D eigenvalue weighted by molar-refractivity contribution is -0.176. The first-order chi connectivity index (χ1) is 18.5. The van der Waals surface area contributed by atoms with Crippen molar-refractivity contribution in [3.8, 4) is 11.3 Å². The Morgan fingerprint density at radius 2 is 1.76 bits per heavy atom. The number of rotatable bonds is 9. The fraction of sp³-hybridized carbons (Fsp3) is 0.552. The standard InChI is InChI=1S/C29H35FN2O6/c30-22-11-5-10-21(16-22)24-13-14-25(37-24)28(35)31-32(26(33)15-12-19-6-1-2-7-19)23-17-27(34)38-29(23)36-18-20-8-3-4-9-20/h5,10-11,13-14,16,19-20,23,29H,1-4,6-9,12,15,17-18H2,(H,31,35)/t23-,29?/m0/s1. The third-order valence-electron chi connectivity index (χ3n) is 7.91. The molecule has 9 heteroatoms. The molecule has 2 aliphatic carbocycles. The van der Waals surface area contributed by atoms with E-state index in [4.69, 9.17) is 13.9 Å². The lowest BCUT2D eigenvalue weighted by Gasteiger charge is -2.31. The molecule has 3 fully saturated rings. The molecule has 1 N–H and O–H groups in total. The summed E-state index contributed by atoms with van der Waals surface area (Å²) in [6.45, 7) is 0.446. The lowest BCUT2D eigenvalue weighted by atomic mass is 10.0. The van der Waals surface area contributed by atoms with Crippen LogP contribution in [0.5, 0.6) is 0 Å². The SMILES string of the molecule is O=C1C[C@H](N(NC(=O)c2ccc(-c3cccc(F)c3)o2)C(=O)CCC2CCCC2)C(OCC2CCCC2)O1. The zero-order chi connectivity index (χ0) is 26.5. The Kier molecular flexibility index (Phi) is 8.42. The summed E-state index contributed by atoms with van der Waals surface area (Å²) in [6, 6.07) is 8.14. The molecule has 1 saturated heterocycles. The molecule has 5 rings (SSSR count). The summed E-state index contributed by atoms with van der Waals surface area (Å²) in [5, 5.41) is 1.21. The van der Waals surface area contributed by atoms with Crippen molar-refractivity contribution in [3.63, 3.8) is 0 Å². The van der Waals surface area contributed by atoms with Crippen LogP contribution in [0, 0.1) is 17.7 Å². The van der Waals surface area contributed by atoms with E-state index in [-0.39, 0.29) is 24.5 Å². The molecule has 2 aromatic rings. The fourth-order valence-corrected chi connectivity index (χ4v) is 5.79. The molecule has 2 heterocycles. The topological polar surface area (TPSA) is 98.1 Å². The van der Waals surface area contributed by atoms with Crippen molar-refractivity contribution in [2.24, 2.45) is 11.8 Å². The maximum Gasteiger partial charge on any atom is 0.310 e. The van der Waals surface area contributed by atoms with E-state index in [0.29, 0.717) is 29.8 Å².